The second kappa shape index (κ2) is 4.42. The monoisotopic (exact) mass is 223 g/mol. The van der Waals surface area contributed by atoms with Gasteiger partial charge in [-0.05, 0) is 34.7 Å². The molecule has 0 spiro atoms. The van der Waals surface area contributed by atoms with E-state index in [2.05, 4.69) is 31.9 Å². The number of likely N-dealkylation sites (N-methyl/N-ethyl adjacent to an activating group) is 1. The smallest absolute Gasteiger partial charge is 0.242 e. The highest BCUT2D eigenvalue weighted by atomic mass is 16.2. The van der Waals surface area contributed by atoms with Crippen LogP contribution in [0.4, 0.5) is 0 Å². The maximum absolute atomic E-state index is 12.1. The van der Waals surface area contributed by atoms with Crippen LogP contribution < -0.4 is 0 Å². The van der Waals surface area contributed by atoms with Gasteiger partial charge in [0.15, 0.2) is 0 Å². The lowest BCUT2D eigenvalue weighted by Crippen LogP contribution is -2.58. The normalized spacial score (nSPS) is 27.6. The highest BCUT2D eigenvalue weighted by Gasteiger charge is 2.36. The Morgan fingerprint density at radius 2 is 1.75 bits per heavy atom. The average molecular weight is 223 g/mol. The number of hydrogen-bond acceptors (Lipinski definition) is 3. The van der Waals surface area contributed by atoms with E-state index < -0.39 is 5.41 Å². The van der Waals surface area contributed by atoms with Crippen LogP contribution in [0.1, 0.15) is 27.7 Å². The summed E-state index contributed by atoms with van der Waals surface area (Å²) in [5, 5.41) is 8.97. The number of carbonyl (C=O) groups is 1. The molecule has 2 unspecified atom stereocenters. The van der Waals surface area contributed by atoms with E-state index in [1.54, 1.807) is 13.8 Å². The topological polar surface area (TPSA) is 47.3 Å². The van der Waals surface area contributed by atoms with Crippen molar-refractivity contribution >= 4 is 5.91 Å². The van der Waals surface area contributed by atoms with Gasteiger partial charge in [-0.15, -0.1) is 0 Å². The average Bonchev–Trinajstić information content (AvgIpc) is 2.24. The fourth-order valence-corrected chi connectivity index (χ4v) is 2.01. The third kappa shape index (κ3) is 2.35. The van der Waals surface area contributed by atoms with Gasteiger partial charge >= 0.3 is 0 Å². The summed E-state index contributed by atoms with van der Waals surface area (Å²) in [6, 6.07) is 2.77. The minimum absolute atomic E-state index is 0.0539. The third-order valence-electron chi connectivity index (χ3n) is 3.46. The Kier molecular flexibility index (Phi) is 3.59. The zero-order valence-corrected chi connectivity index (χ0v) is 10.8. The minimum Gasteiger partial charge on any atom is -0.338 e. The van der Waals surface area contributed by atoms with Crippen LogP contribution in [0.2, 0.25) is 0 Å². The van der Waals surface area contributed by atoms with Gasteiger partial charge in [0.1, 0.15) is 5.41 Å². The van der Waals surface area contributed by atoms with Crippen molar-refractivity contribution in [3.63, 3.8) is 0 Å². The first-order chi connectivity index (χ1) is 7.29. The summed E-state index contributed by atoms with van der Waals surface area (Å²) >= 11 is 0. The van der Waals surface area contributed by atoms with Crippen molar-refractivity contribution in [3.05, 3.63) is 0 Å². The van der Waals surface area contributed by atoms with Crippen LogP contribution in [0.5, 0.6) is 0 Å². The summed E-state index contributed by atoms with van der Waals surface area (Å²) in [4.78, 5) is 16.2. The van der Waals surface area contributed by atoms with E-state index in [9.17, 15) is 4.79 Å². The fraction of sp³-hybridized carbons (Fsp3) is 0.833. The largest absolute Gasteiger partial charge is 0.338 e. The maximum atomic E-state index is 12.1. The van der Waals surface area contributed by atoms with E-state index in [4.69, 9.17) is 5.26 Å². The summed E-state index contributed by atoms with van der Waals surface area (Å²) in [7, 11) is 2.08. The first kappa shape index (κ1) is 13.0. The molecule has 0 aromatic carbocycles. The highest BCUT2D eigenvalue weighted by molar-refractivity contribution is 5.84. The fourth-order valence-electron chi connectivity index (χ4n) is 2.01. The Morgan fingerprint density at radius 3 is 2.12 bits per heavy atom. The molecule has 4 nitrogen and oxygen atoms in total. The van der Waals surface area contributed by atoms with Gasteiger partial charge in [0, 0.05) is 25.2 Å². The number of piperazine rings is 1. The van der Waals surface area contributed by atoms with Gasteiger partial charge in [-0.25, -0.2) is 0 Å². The van der Waals surface area contributed by atoms with Crippen LogP contribution in [-0.4, -0.2) is 47.9 Å². The highest BCUT2D eigenvalue weighted by Crippen LogP contribution is 2.21. The van der Waals surface area contributed by atoms with Crippen molar-refractivity contribution in [1.82, 2.24) is 9.80 Å². The van der Waals surface area contributed by atoms with Gasteiger partial charge in [-0.2, -0.15) is 5.26 Å². The number of rotatable bonds is 1. The molecule has 0 N–H and O–H groups in total. The van der Waals surface area contributed by atoms with Crippen molar-refractivity contribution in [2.24, 2.45) is 5.41 Å². The lowest BCUT2D eigenvalue weighted by molar-refractivity contribution is -0.141. The van der Waals surface area contributed by atoms with Crippen molar-refractivity contribution in [2.75, 3.05) is 20.1 Å². The quantitative estimate of drug-likeness (QED) is 0.668. The number of carbonyl (C=O) groups excluding carboxylic acids is 1. The molecule has 90 valence electrons. The molecule has 0 bridgehead atoms. The van der Waals surface area contributed by atoms with E-state index in [0.29, 0.717) is 25.2 Å². The van der Waals surface area contributed by atoms with Gasteiger partial charge in [0.2, 0.25) is 5.91 Å². The van der Waals surface area contributed by atoms with Crippen LogP contribution in [0.25, 0.3) is 0 Å². The molecule has 1 heterocycles. The van der Waals surface area contributed by atoms with E-state index in [1.807, 2.05) is 4.90 Å². The van der Waals surface area contributed by atoms with E-state index in [-0.39, 0.29) is 5.91 Å². The van der Waals surface area contributed by atoms with Crippen LogP contribution in [0, 0.1) is 16.7 Å². The van der Waals surface area contributed by atoms with Crippen LogP contribution in [-0.2, 0) is 4.79 Å². The lowest BCUT2D eigenvalue weighted by Gasteiger charge is -2.43. The molecule has 2 atom stereocenters. The molecular formula is C12H21N3O. The summed E-state index contributed by atoms with van der Waals surface area (Å²) < 4.78 is 0. The predicted octanol–water partition coefficient (Wildman–Crippen LogP) is 1.09. The maximum Gasteiger partial charge on any atom is 0.242 e. The van der Waals surface area contributed by atoms with E-state index >= 15 is 0 Å². The summed E-state index contributed by atoms with van der Waals surface area (Å²) in [5.41, 5.74) is -0.907. The predicted molar refractivity (Wildman–Crippen MR) is 62.7 cm³/mol. The Labute approximate surface area is 97.8 Å². The lowest BCUT2D eigenvalue weighted by atomic mass is 9.92. The minimum atomic E-state index is -0.907. The Balaban J connectivity index is 2.77. The van der Waals surface area contributed by atoms with Crippen molar-refractivity contribution in [3.8, 4) is 6.07 Å². The zero-order chi connectivity index (χ0) is 12.5. The zero-order valence-electron chi connectivity index (χ0n) is 10.8. The van der Waals surface area contributed by atoms with Gasteiger partial charge in [0.05, 0.1) is 6.07 Å². The van der Waals surface area contributed by atoms with Crippen LogP contribution in [0.3, 0.4) is 0 Å². The molecule has 16 heavy (non-hydrogen) atoms. The van der Waals surface area contributed by atoms with Crippen LogP contribution in [0.15, 0.2) is 0 Å². The van der Waals surface area contributed by atoms with Gasteiger partial charge in [-0.1, -0.05) is 0 Å². The van der Waals surface area contributed by atoms with E-state index in [1.165, 1.54) is 0 Å². The van der Waals surface area contributed by atoms with Gasteiger partial charge in [-0.3, -0.25) is 9.69 Å². The Bertz CT molecular complexity index is 307. The van der Waals surface area contributed by atoms with Crippen molar-refractivity contribution in [1.29, 1.82) is 5.26 Å². The molecular weight excluding hydrogens is 202 g/mol. The molecule has 1 saturated heterocycles. The summed E-state index contributed by atoms with van der Waals surface area (Å²) in [5.74, 6) is -0.0539. The number of nitrogens with zero attached hydrogens (tertiary/aromatic N) is 3. The summed E-state index contributed by atoms with van der Waals surface area (Å²) in [6.45, 7) is 9.01. The first-order valence-corrected chi connectivity index (χ1v) is 5.72. The Hall–Kier alpha value is -1.08. The van der Waals surface area contributed by atoms with Crippen LogP contribution >= 0.6 is 0 Å². The number of nitriles is 1. The molecule has 1 aliphatic heterocycles. The van der Waals surface area contributed by atoms with E-state index in [0.717, 1.165) is 0 Å². The molecule has 1 rings (SSSR count). The molecule has 0 aliphatic carbocycles. The van der Waals surface area contributed by atoms with Crippen molar-refractivity contribution < 1.29 is 4.79 Å². The molecule has 1 fully saturated rings. The molecule has 0 saturated carbocycles. The molecule has 1 amide bonds. The molecule has 0 aromatic rings. The number of amides is 1. The second-order valence-corrected chi connectivity index (χ2v) is 5.31. The summed E-state index contributed by atoms with van der Waals surface area (Å²) in [6.07, 6.45) is 0. The molecule has 1 aliphatic rings. The molecule has 0 radical (unpaired) electrons. The third-order valence-corrected chi connectivity index (χ3v) is 3.46. The first-order valence-electron chi connectivity index (χ1n) is 5.72. The molecule has 0 aromatic heterocycles. The van der Waals surface area contributed by atoms with Gasteiger partial charge in [0.25, 0.3) is 0 Å². The second-order valence-electron chi connectivity index (χ2n) is 5.31. The van der Waals surface area contributed by atoms with Gasteiger partial charge < -0.3 is 4.90 Å². The number of hydrogen-bond donors (Lipinski definition) is 0. The Morgan fingerprint density at radius 1 is 1.31 bits per heavy atom. The van der Waals surface area contributed by atoms with Crippen molar-refractivity contribution in [2.45, 2.75) is 39.8 Å². The molecule has 4 heteroatoms. The standard InChI is InChI=1S/C12H21N3O/c1-9-6-15(7-10(2)14(9)5)11(16)12(3,4)8-13/h9-10H,6-7H2,1-5H3. The SMILES string of the molecule is CC1CN(C(=O)C(C)(C)C#N)CC(C)N1C.